The van der Waals surface area contributed by atoms with Crippen LogP contribution in [0.2, 0.25) is 0 Å². The van der Waals surface area contributed by atoms with Crippen molar-refractivity contribution < 1.29 is 19.0 Å². The van der Waals surface area contributed by atoms with E-state index in [1.54, 1.807) is 13.1 Å². The molecule has 30 heavy (non-hydrogen) atoms. The van der Waals surface area contributed by atoms with Crippen LogP contribution in [-0.4, -0.2) is 65.1 Å². The molecule has 0 unspecified atom stereocenters. The lowest BCUT2D eigenvalue weighted by atomic mass is 10.1. The number of hydrogen-bond acceptors (Lipinski definition) is 5. The van der Waals surface area contributed by atoms with E-state index < -0.39 is 0 Å². The Morgan fingerprint density at radius 2 is 1.93 bits per heavy atom. The third kappa shape index (κ3) is 4.44. The summed E-state index contributed by atoms with van der Waals surface area (Å²) in [5.74, 6) is 0.498. The molecule has 1 N–H and O–H groups in total. The second-order valence-corrected chi connectivity index (χ2v) is 7.61. The van der Waals surface area contributed by atoms with Crippen LogP contribution < -0.4 is 4.90 Å². The maximum absolute atomic E-state index is 13.5. The lowest BCUT2D eigenvalue weighted by Gasteiger charge is -2.28. The Morgan fingerprint density at radius 3 is 2.63 bits per heavy atom. The van der Waals surface area contributed by atoms with E-state index in [1.807, 2.05) is 52.9 Å². The minimum Gasteiger partial charge on any atom is -0.370 e. The minimum atomic E-state index is -0.0558. The maximum atomic E-state index is 13.5. The molecule has 3 heterocycles. The number of morpholine rings is 1. The number of aromatic nitrogens is 3. The molecule has 1 aliphatic heterocycles. The van der Waals surface area contributed by atoms with E-state index in [9.17, 15) is 4.79 Å². The van der Waals surface area contributed by atoms with Gasteiger partial charge in [-0.1, -0.05) is 23.4 Å². The second kappa shape index (κ2) is 9.23. The minimum absolute atomic E-state index is 0.0558. The standard InChI is InChI=1S/C22H27N5O3/c1-17-21(18(2)30-24-17)22(28)26(11-10-25-12-14-29-15-13-25)16-20-8-9-23-27(20)19-6-4-3-5-7-19/h3-9H,10-16H2,1-2H3/p+1. The molecule has 3 aromatic rings. The number of quaternary nitrogens is 1. The number of carbonyl (C=O) groups is 1. The summed E-state index contributed by atoms with van der Waals surface area (Å²) in [7, 11) is 0. The summed E-state index contributed by atoms with van der Waals surface area (Å²) in [5, 5.41) is 8.44. The van der Waals surface area contributed by atoms with Crippen molar-refractivity contribution in [2.24, 2.45) is 0 Å². The monoisotopic (exact) mass is 410 g/mol. The van der Waals surface area contributed by atoms with Gasteiger partial charge in [0, 0.05) is 6.20 Å². The van der Waals surface area contributed by atoms with Crippen molar-refractivity contribution in [3.63, 3.8) is 0 Å². The Morgan fingerprint density at radius 1 is 1.17 bits per heavy atom. The first-order chi connectivity index (χ1) is 14.6. The smallest absolute Gasteiger partial charge is 0.259 e. The number of nitrogens with one attached hydrogen (secondary N) is 1. The zero-order valence-corrected chi connectivity index (χ0v) is 17.5. The fraction of sp³-hybridized carbons (Fsp3) is 0.409. The first kappa shape index (κ1) is 20.3. The number of rotatable bonds is 7. The molecule has 8 nitrogen and oxygen atoms in total. The second-order valence-electron chi connectivity index (χ2n) is 7.61. The van der Waals surface area contributed by atoms with E-state index >= 15 is 0 Å². The zero-order chi connectivity index (χ0) is 20.9. The lowest BCUT2D eigenvalue weighted by Crippen LogP contribution is -3.14. The molecular weight excluding hydrogens is 382 g/mol. The summed E-state index contributed by atoms with van der Waals surface area (Å²) in [6.45, 7) is 9.04. The Labute approximate surface area is 176 Å². The molecule has 4 rings (SSSR count). The topological polar surface area (TPSA) is 77.8 Å². The molecule has 1 saturated heterocycles. The van der Waals surface area contributed by atoms with Gasteiger partial charge in [0.15, 0.2) is 0 Å². The summed E-state index contributed by atoms with van der Waals surface area (Å²) < 4.78 is 12.6. The van der Waals surface area contributed by atoms with E-state index in [0.717, 1.165) is 44.2 Å². The molecule has 1 aliphatic rings. The van der Waals surface area contributed by atoms with Gasteiger partial charge in [-0.2, -0.15) is 5.10 Å². The van der Waals surface area contributed by atoms with Crippen molar-refractivity contribution >= 4 is 5.91 Å². The SMILES string of the molecule is Cc1noc(C)c1C(=O)N(CC[NH+]1CCOCC1)Cc1ccnn1-c1ccccc1. The summed E-state index contributed by atoms with van der Waals surface area (Å²) in [5.41, 5.74) is 3.11. The van der Waals surface area contributed by atoms with Crippen LogP contribution in [0.15, 0.2) is 47.1 Å². The lowest BCUT2D eigenvalue weighted by molar-refractivity contribution is -0.907. The van der Waals surface area contributed by atoms with Gasteiger partial charge >= 0.3 is 0 Å². The van der Waals surface area contributed by atoms with E-state index in [2.05, 4.69) is 10.3 Å². The first-order valence-electron chi connectivity index (χ1n) is 10.4. The molecular formula is C22H28N5O3+. The number of nitrogens with zero attached hydrogens (tertiary/aromatic N) is 4. The number of aryl methyl sites for hydroxylation is 2. The number of para-hydroxylation sites is 1. The molecule has 0 atom stereocenters. The molecule has 1 fully saturated rings. The molecule has 158 valence electrons. The van der Waals surface area contributed by atoms with Gasteiger partial charge < -0.3 is 19.1 Å². The van der Waals surface area contributed by atoms with Crippen molar-refractivity contribution in [3.8, 4) is 5.69 Å². The highest BCUT2D eigenvalue weighted by Gasteiger charge is 2.26. The molecule has 0 aliphatic carbocycles. The van der Waals surface area contributed by atoms with E-state index in [1.165, 1.54) is 4.90 Å². The molecule has 1 amide bonds. The largest absolute Gasteiger partial charge is 0.370 e. The van der Waals surface area contributed by atoms with Gasteiger partial charge in [-0.25, -0.2) is 4.68 Å². The Balaban J connectivity index is 1.57. The Kier molecular flexibility index (Phi) is 6.25. The van der Waals surface area contributed by atoms with Gasteiger partial charge in [-0.15, -0.1) is 0 Å². The van der Waals surface area contributed by atoms with E-state index in [0.29, 0.717) is 30.1 Å². The van der Waals surface area contributed by atoms with Crippen LogP contribution >= 0.6 is 0 Å². The number of benzene rings is 1. The van der Waals surface area contributed by atoms with Crippen LogP contribution in [0.5, 0.6) is 0 Å². The summed E-state index contributed by atoms with van der Waals surface area (Å²) in [6.07, 6.45) is 1.77. The summed E-state index contributed by atoms with van der Waals surface area (Å²) in [6, 6.07) is 11.9. The molecule has 0 saturated carbocycles. The van der Waals surface area contributed by atoms with Crippen LogP contribution in [0.3, 0.4) is 0 Å². The predicted octanol–water partition coefficient (Wildman–Crippen LogP) is 1.03. The predicted molar refractivity (Wildman–Crippen MR) is 111 cm³/mol. The highest BCUT2D eigenvalue weighted by atomic mass is 16.5. The number of carbonyl (C=O) groups excluding carboxylic acids is 1. The first-order valence-corrected chi connectivity index (χ1v) is 10.4. The van der Waals surface area contributed by atoms with Gasteiger partial charge in [-0.3, -0.25) is 4.79 Å². The Bertz CT molecular complexity index is 956. The third-order valence-corrected chi connectivity index (χ3v) is 5.54. The fourth-order valence-electron chi connectivity index (χ4n) is 3.85. The average Bonchev–Trinajstić information content (AvgIpc) is 3.38. The number of ether oxygens (including phenoxy) is 1. The van der Waals surface area contributed by atoms with Crippen molar-refractivity contribution in [2.75, 3.05) is 39.4 Å². The van der Waals surface area contributed by atoms with Crippen LogP contribution in [0.4, 0.5) is 0 Å². The van der Waals surface area contributed by atoms with E-state index in [4.69, 9.17) is 9.26 Å². The van der Waals surface area contributed by atoms with Crippen molar-refractivity contribution in [1.82, 2.24) is 19.8 Å². The molecule has 0 spiro atoms. The Hall–Kier alpha value is -2.97. The third-order valence-electron chi connectivity index (χ3n) is 5.54. The fourth-order valence-corrected chi connectivity index (χ4v) is 3.85. The van der Waals surface area contributed by atoms with Crippen molar-refractivity contribution in [3.05, 3.63) is 65.3 Å². The highest BCUT2D eigenvalue weighted by molar-refractivity contribution is 5.96. The molecule has 8 heteroatoms. The number of amides is 1. The average molecular weight is 410 g/mol. The van der Waals surface area contributed by atoms with Gasteiger partial charge in [0.2, 0.25) is 0 Å². The van der Waals surface area contributed by atoms with Gasteiger partial charge in [0.25, 0.3) is 5.91 Å². The van der Waals surface area contributed by atoms with E-state index in [-0.39, 0.29) is 5.91 Å². The molecule has 0 bridgehead atoms. The summed E-state index contributed by atoms with van der Waals surface area (Å²) in [4.78, 5) is 16.8. The van der Waals surface area contributed by atoms with Crippen molar-refractivity contribution in [2.45, 2.75) is 20.4 Å². The summed E-state index contributed by atoms with van der Waals surface area (Å²) >= 11 is 0. The van der Waals surface area contributed by atoms with Crippen molar-refractivity contribution in [1.29, 1.82) is 0 Å². The van der Waals surface area contributed by atoms with Gasteiger partial charge in [0.1, 0.15) is 24.4 Å². The number of hydrogen-bond donors (Lipinski definition) is 1. The van der Waals surface area contributed by atoms with Crippen LogP contribution in [-0.2, 0) is 11.3 Å². The highest BCUT2D eigenvalue weighted by Crippen LogP contribution is 2.18. The normalized spacial score (nSPS) is 14.7. The zero-order valence-electron chi connectivity index (χ0n) is 17.5. The molecule has 2 aromatic heterocycles. The van der Waals surface area contributed by atoms with Gasteiger partial charge in [0.05, 0.1) is 49.9 Å². The van der Waals surface area contributed by atoms with Crippen LogP contribution in [0.1, 0.15) is 27.5 Å². The molecule has 0 radical (unpaired) electrons. The van der Waals surface area contributed by atoms with Crippen LogP contribution in [0, 0.1) is 13.8 Å². The quantitative estimate of drug-likeness (QED) is 0.630. The van der Waals surface area contributed by atoms with Crippen LogP contribution in [0.25, 0.3) is 5.69 Å². The molecule has 1 aromatic carbocycles. The van der Waals surface area contributed by atoms with Gasteiger partial charge in [-0.05, 0) is 32.0 Å². The maximum Gasteiger partial charge on any atom is 0.259 e.